The van der Waals surface area contributed by atoms with Crippen LogP contribution in [-0.4, -0.2) is 39.4 Å². The third-order valence-corrected chi connectivity index (χ3v) is 6.03. The lowest BCUT2D eigenvalue weighted by atomic mass is 10.1. The minimum Gasteiger partial charge on any atom is -0.350 e. The Morgan fingerprint density at radius 2 is 1.29 bits per heavy atom. The number of hydrogen-bond donors (Lipinski definition) is 3. The van der Waals surface area contributed by atoms with E-state index in [1.807, 2.05) is 0 Å². The first-order valence-electron chi connectivity index (χ1n) is 9.42. The zero-order valence-corrected chi connectivity index (χ0v) is 17.0. The van der Waals surface area contributed by atoms with E-state index in [1.165, 1.54) is 24.3 Å². The fourth-order valence-corrected chi connectivity index (χ4v) is 3.95. The van der Waals surface area contributed by atoms with E-state index in [0.29, 0.717) is 0 Å². The molecular weight excluding hydrogens is 435 g/mol. The molecule has 2 aromatic carbocycles. The molecule has 1 saturated carbocycles. The average Bonchev–Trinajstić information content (AvgIpc) is 3.53. The molecule has 0 bridgehead atoms. The van der Waals surface area contributed by atoms with Gasteiger partial charge in [0.05, 0.1) is 10.5 Å². The summed E-state index contributed by atoms with van der Waals surface area (Å²) in [6.45, 7) is 0.137. The Morgan fingerprint density at radius 3 is 1.71 bits per heavy atom. The van der Waals surface area contributed by atoms with Crippen LogP contribution in [0.15, 0.2) is 53.4 Å². The number of carbonyl (C=O) groups is 2. The summed E-state index contributed by atoms with van der Waals surface area (Å²) in [6, 6.07) is 9.22. The molecule has 3 N–H and O–H groups in total. The van der Waals surface area contributed by atoms with E-state index in [0.717, 1.165) is 37.1 Å². The van der Waals surface area contributed by atoms with Crippen molar-refractivity contribution in [1.82, 2.24) is 15.4 Å². The van der Waals surface area contributed by atoms with Crippen LogP contribution in [0.5, 0.6) is 0 Å². The maximum atomic E-state index is 12.5. The number of halogens is 3. The lowest BCUT2D eigenvalue weighted by molar-refractivity contribution is -0.137. The molecule has 2 aromatic rings. The van der Waals surface area contributed by atoms with Gasteiger partial charge in [0.25, 0.3) is 11.8 Å². The summed E-state index contributed by atoms with van der Waals surface area (Å²) in [5, 5.41) is 5.06. The van der Waals surface area contributed by atoms with Crippen molar-refractivity contribution in [3.8, 4) is 0 Å². The first-order chi connectivity index (χ1) is 14.6. The predicted molar refractivity (Wildman–Crippen MR) is 106 cm³/mol. The van der Waals surface area contributed by atoms with Crippen molar-refractivity contribution in [1.29, 1.82) is 0 Å². The number of rotatable bonds is 8. The van der Waals surface area contributed by atoms with Crippen molar-refractivity contribution in [3.05, 3.63) is 65.2 Å². The highest BCUT2D eigenvalue weighted by Gasteiger charge is 2.30. The molecule has 31 heavy (non-hydrogen) atoms. The molecule has 0 saturated heterocycles. The van der Waals surface area contributed by atoms with Gasteiger partial charge in [-0.2, -0.15) is 13.2 Å². The maximum Gasteiger partial charge on any atom is 0.416 e. The summed E-state index contributed by atoms with van der Waals surface area (Å²) < 4.78 is 64.4. The summed E-state index contributed by atoms with van der Waals surface area (Å²) in [4.78, 5) is 24.2. The second-order valence-electron chi connectivity index (χ2n) is 7.01. The van der Waals surface area contributed by atoms with E-state index in [-0.39, 0.29) is 35.2 Å². The van der Waals surface area contributed by atoms with Crippen LogP contribution < -0.4 is 15.4 Å². The molecule has 166 valence electrons. The van der Waals surface area contributed by atoms with Gasteiger partial charge in [-0.1, -0.05) is 0 Å². The molecule has 11 heteroatoms. The molecule has 2 amide bonds. The summed E-state index contributed by atoms with van der Waals surface area (Å²) >= 11 is 0. The van der Waals surface area contributed by atoms with Crippen LogP contribution in [0.25, 0.3) is 0 Å². The molecule has 0 heterocycles. The second-order valence-corrected chi connectivity index (χ2v) is 8.72. The lowest BCUT2D eigenvalue weighted by Crippen LogP contribution is -2.34. The molecular formula is C20H20F3N3O4S. The van der Waals surface area contributed by atoms with Crippen molar-refractivity contribution >= 4 is 21.8 Å². The zero-order valence-electron chi connectivity index (χ0n) is 16.2. The normalized spacial score (nSPS) is 14.2. The van der Waals surface area contributed by atoms with Crippen molar-refractivity contribution in [2.45, 2.75) is 30.0 Å². The Bertz CT molecular complexity index is 1050. The molecule has 0 aromatic heterocycles. The van der Waals surface area contributed by atoms with Crippen LogP contribution in [0.2, 0.25) is 0 Å². The number of alkyl halides is 3. The van der Waals surface area contributed by atoms with Gasteiger partial charge in [-0.25, -0.2) is 13.1 Å². The number of amides is 2. The van der Waals surface area contributed by atoms with Gasteiger partial charge in [0.1, 0.15) is 0 Å². The van der Waals surface area contributed by atoms with Crippen LogP contribution in [0.1, 0.15) is 39.1 Å². The fourth-order valence-electron chi connectivity index (χ4n) is 2.64. The Balaban J connectivity index is 1.45. The number of carbonyl (C=O) groups excluding carboxylic acids is 2. The van der Waals surface area contributed by atoms with Gasteiger partial charge in [0.15, 0.2) is 0 Å². The van der Waals surface area contributed by atoms with Crippen LogP contribution in [-0.2, 0) is 16.2 Å². The minimum absolute atomic E-state index is 0.0224. The van der Waals surface area contributed by atoms with Gasteiger partial charge in [0.2, 0.25) is 10.0 Å². The summed E-state index contributed by atoms with van der Waals surface area (Å²) in [5.41, 5.74) is -0.533. The van der Waals surface area contributed by atoms with Gasteiger partial charge >= 0.3 is 6.18 Å². The Kier molecular flexibility index (Phi) is 6.65. The standard InChI is InChI=1S/C20H20F3N3O4S/c21-20(22,23)15-5-1-13(2-6-15)18(27)24-11-12-25-19(28)14-3-9-17(10-4-14)31(29,30)26-16-7-8-16/h1-6,9-10,16,26H,7-8,11-12H2,(H,24,27)(H,25,28). The molecule has 1 aliphatic carbocycles. The third-order valence-electron chi connectivity index (χ3n) is 4.50. The van der Waals surface area contributed by atoms with Crippen LogP contribution >= 0.6 is 0 Å². The van der Waals surface area contributed by atoms with Crippen LogP contribution in [0, 0.1) is 0 Å². The van der Waals surface area contributed by atoms with E-state index in [2.05, 4.69) is 15.4 Å². The summed E-state index contributed by atoms with van der Waals surface area (Å²) in [6.07, 6.45) is -2.85. The molecule has 0 aliphatic heterocycles. The topological polar surface area (TPSA) is 104 Å². The van der Waals surface area contributed by atoms with E-state index in [1.54, 1.807) is 0 Å². The second kappa shape index (κ2) is 9.06. The SMILES string of the molecule is O=C(NCCNC(=O)c1ccc(S(=O)(=O)NC2CC2)cc1)c1ccc(C(F)(F)F)cc1. The molecule has 1 fully saturated rings. The smallest absolute Gasteiger partial charge is 0.350 e. The predicted octanol–water partition coefficient (Wildman–Crippen LogP) is 2.31. The lowest BCUT2D eigenvalue weighted by Gasteiger charge is -2.10. The Labute approximate surface area is 177 Å². The van der Waals surface area contributed by atoms with Gasteiger partial charge in [0, 0.05) is 30.3 Å². The van der Waals surface area contributed by atoms with Gasteiger partial charge in [-0.15, -0.1) is 0 Å². The molecule has 1 aliphatic rings. The summed E-state index contributed by atoms with van der Waals surface area (Å²) in [5.74, 6) is -1.02. The highest BCUT2D eigenvalue weighted by atomic mass is 32.2. The van der Waals surface area contributed by atoms with Crippen molar-refractivity contribution in [3.63, 3.8) is 0 Å². The van der Waals surface area contributed by atoms with Gasteiger partial charge < -0.3 is 10.6 Å². The highest BCUT2D eigenvalue weighted by Crippen LogP contribution is 2.29. The van der Waals surface area contributed by atoms with Crippen molar-refractivity contribution < 1.29 is 31.2 Å². The van der Waals surface area contributed by atoms with E-state index in [4.69, 9.17) is 0 Å². The van der Waals surface area contributed by atoms with Crippen LogP contribution in [0.3, 0.4) is 0 Å². The summed E-state index contributed by atoms with van der Waals surface area (Å²) in [7, 11) is -3.60. The highest BCUT2D eigenvalue weighted by molar-refractivity contribution is 7.89. The van der Waals surface area contributed by atoms with Crippen molar-refractivity contribution in [2.24, 2.45) is 0 Å². The number of sulfonamides is 1. The molecule has 0 spiro atoms. The average molecular weight is 455 g/mol. The van der Waals surface area contributed by atoms with E-state index in [9.17, 15) is 31.2 Å². The maximum absolute atomic E-state index is 12.5. The zero-order chi connectivity index (χ0) is 22.6. The van der Waals surface area contributed by atoms with Crippen LogP contribution in [0.4, 0.5) is 13.2 Å². The molecule has 0 radical (unpaired) electrons. The number of benzene rings is 2. The van der Waals surface area contributed by atoms with E-state index >= 15 is 0 Å². The van der Waals surface area contributed by atoms with Gasteiger partial charge in [-0.3, -0.25) is 9.59 Å². The minimum atomic E-state index is -4.48. The van der Waals surface area contributed by atoms with E-state index < -0.39 is 33.6 Å². The Morgan fingerprint density at radius 1 is 0.839 bits per heavy atom. The van der Waals surface area contributed by atoms with Gasteiger partial charge in [-0.05, 0) is 61.4 Å². The first-order valence-corrected chi connectivity index (χ1v) is 10.9. The fraction of sp³-hybridized carbons (Fsp3) is 0.300. The Hall–Kier alpha value is -2.92. The number of hydrogen-bond acceptors (Lipinski definition) is 4. The molecule has 3 rings (SSSR count). The van der Waals surface area contributed by atoms with Crippen molar-refractivity contribution in [2.75, 3.05) is 13.1 Å². The molecule has 0 unspecified atom stereocenters. The first kappa shape index (κ1) is 22.8. The monoisotopic (exact) mass is 455 g/mol. The largest absolute Gasteiger partial charge is 0.416 e. The number of nitrogens with one attached hydrogen (secondary N) is 3. The third kappa shape index (κ3) is 6.28. The quantitative estimate of drug-likeness (QED) is 0.532. The molecule has 7 nitrogen and oxygen atoms in total. The molecule has 0 atom stereocenters.